The van der Waals surface area contributed by atoms with Crippen molar-refractivity contribution in [3.8, 4) is 5.75 Å². The van der Waals surface area contributed by atoms with Crippen LogP contribution >= 0.6 is 11.6 Å². The van der Waals surface area contributed by atoms with Crippen LogP contribution in [0, 0.1) is 13.8 Å². The summed E-state index contributed by atoms with van der Waals surface area (Å²) in [5.41, 5.74) is 2.82. The summed E-state index contributed by atoms with van der Waals surface area (Å²) in [6.07, 6.45) is 0. The number of hydrogen-bond acceptors (Lipinski definition) is 4. The van der Waals surface area contributed by atoms with Gasteiger partial charge in [0.1, 0.15) is 12.3 Å². The minimum Gasteiger partial charge on any atom is -0.496 e. The Kier molecular flexibility index (Phi) is 7.66. The summed E-state index contributed by atoms with van der Waals surface area (Å²) in [5, 5.41) is 0.489. The van der Waals surface area contributed by atoms with Gasteiger partial charge in [-0.15, -0.1) is 0 Å². The van der Waals surface area contributed by atoms with E-state index >= 15 is 0 Å². The lowest BCUT2D eigenvalue weighted by molar-refractivity contribution is -0.128. The first-order chi connectivity index (χ1) is 15.6. The van der Waals surface area contributed by atoms with Gasteiger partial charge < -0.3 is 9.64 Å². The number of aryl methyl sites for hydroxylation is 2. The summed E-state index contributed by atoms with van der Waals surface area (Å²) in [6, 6.07) is 18.9. The Bertz CT molecular complexity index is 1240. The molecule has 0 aromatic heterocycles. The second-order valence-corrected chi connectivity index (χ2v) is 10.1. The molecule has 0 unspecified atom stereocenters. The van der Waals surface area contributed by atoms with Crippen LogP contribution in [0.2, 0.25) is 5.02 Å². The van der Waals surface area contributed by atoms with Crippen molar-refractivity contribution in [3.63, 3.8) is 0 Å². The van der Waals surface area contributed by atoms with Gasteiger partial charge in [0.25, 0.3) is 10.0 Å². The highest BCUT2D eigenvalue weighted by atomic mass is 35.5. The van der Waals surface area contributed by atoms with Gasteiger partial charge in [0.15, 0.2) is 0 Å². The maximum Gasteiger partial charge on any atom is 0.264 e. The third kappa shape index (κ3) is 5.67. The maximum absolute atomic E-state index is 13.6. The molecule has 33 heavy (non-hydrogen) atoms. The van der Waals surface area contributed by atoms with Gasteiger partial charge >= 0.3 is 0 Å². The molecule has 0 radical (unpaired) electrons. The van der Waals surface area contributed by atoms with Gasteiger partial charge in [-0.25, -0.2) is 8.42 Å². The van der Waals surface area contributed by atoms with Crippen molar-refractivity contribution in [2.75, 3.05) is 25.0 Å². The normalized spacial score (nSPS) is 11.2. The molecule has 3 aromatic rings. The standard InChI is InChI=1S/C25H27ClN2O4S/c1-18-9-12-22(13-10-18)33(30,31)28(23-14-11-21(26)15-19(23)2)17-25(29)27(3)16-20-7-5-6-8-24(20)32-4/h5-15H,16-17H2,1-4H3. The van der Waals surface area contributed by atoms with E-state index in [1.165, 1.54) is 4.90 Å². The van der Waals surface area contributed by atoms with E-state index in [2.05, 4.69) is 0 Å². The van der Waals surface area contributed by atoms with E-state index in [1.807, 2.05) is 31.2 Å². The number of halogens is 1. The fourth-order valence-electron chi connectivity index (χ4n) is 3.46. The monoisotopic (exact) mass is 486 g/mol. The quantitative estimate of drug-likeness (QED) is 0.458. The zero-order valence-corrected chi connectivity index (χ0v) is 20.7. The van der Waals surface area contributed by atoms with Crippen LogP contribution in [0.5, 0.6) is 5.75 Å². The van der Waals surface area contributed by atoms with Crippen molar-refractivity contribution in [2.45, 2.75) is 25.3 Å². The van der Waals surface area contributed by atoms with E-state index in [4.69, 9.17) is 16.3 Å². The van der Waals surface area contributed by atoms with Crippen LogP contribution in [-0.2, 0) is 21.4 Å². The first-order valence-corrected chi connectivity index (χ1v) is 12.2. The highest BCUT2D eigenvalue weighted by molar-refractivity contribution is 7.92. The topological polar surface area (TPSA) is 66.9 Å². The summed E-state index contributed by atoms with van der Waals surface area (Å²) in [4.78, 5) is 14.8. The molecule has 3 rings (SSSR count). The molecule has 0 saturated heterocycles. The number of para-hydroxylation sites is 1. The van der Waals surface area contributed by atoms with Crippen molar-refractivity contribution in [2.24, 2.45) is 0 Å². The van der Waals surface area contributed by atoms with Crippen molar-refractivity contribution in [1.82, 2.24) is 4.90 Å². The Morgan fingerprint density at radius 1 is 1.00 bits per heavy atom. The van der Waals surface area contributed by atoms with Crippen molar-refractivity contribution >= 4 is 33.2 Å². The molecule has 0 aliphatic heterocycles. The van der Waals surface area contributed by atoms with E-state index in [9.17, 15) is 13.2 Å². The van der Waals surface area contributed by atoms with Crippen LogP contribution in [0.1, 0.15) is 16.7 Å². The molecule has 0 atom stereocenters. The first-order valence-electron chi connectivity index (χ1n) is 10.3. The number of carbonyl (C=O) groups excluding carboxylic acids is 1. The van der Waals surface area contributed by atoms with Gasteiger partial charge in [-0.2, -0.15) is 0 Å². The van der Waals surface area contributed by atoms with Crippen molar-refractivity contribution < 1.29 is 17.9 Å². The van der Waals surface area contributed by atoms with E-state index in [-0.39, 0.29) is 23.9 Å². The molecular weight excluding hydrogens is 460 g/mol. The van der Waals surface area contributed by atoms with Crippen molar-refractivity contribution in [1.29, 1.82) is 0 Å². The summed E-state index contributed by atoms with van der Waals surface area (Å²) in [7, 11) is -0.794. The molecule has 6 nitrogen and oxygen atoms in total. The van der Waals surface area contributed by atoms with Crippen LogP contribution in [0.15, 0.2) is 71.6 Å². The van der Waals surface area contributed by atoms with Crippen LogP contribution in [0.3, 0.4) is 0 Å². The Morgan fingerprint density at radius 2 is 1.67 bits per heavy atom. The van der Waals surface area contributed by atoms with Gasteiger partial charge in [0.05, 0.1) is 17.7 Å². The predicted molar refractivity (Wildman–Crippen MR) is 131 cm³/mol. The number of sulfonamides is 1. The molecule has 174 valence electrons. The molecule has 0 saturated carbocycles. The number of benzene rings is 3. The lowest BCUT2D eigenvalue weighted by atomic mass is 10.2. The molecule has 8 heteroatoms. The summed E-state index contributed by atoms with van der Waals surface area (Å²) in [5.74, 6) is 0.306. The Hall–Kier alpha value is -3.03. The number of rotatable bonds is 8. The third-order valence-corrected chi connectivity index (χ3v) is 7.35. The summed E-state index contributed by atoms with van der Waals surface area (Å²) in [6.45, 7) is 3.57. The minimum atomic E-state index is -4.00. The third-order valence-electron chi connectivity index (χ3n) is 5.34. The predicted octanol–water partition coefficient (Wildman–Crippen LogP) is 4.82. The SMILES string of the molecule is COc1ccccc1CN(C)C(=O)CN(c1ccc(Cl)cc1C)S(=O)(=O)c1ccc(C)cc1. The Morgan fingerprint density at radius 3 is 2.30 bits per heavy atom. The highest BCUT2D eigenvalue weighted by Crippen LogP contribution is 2.29. The zero-order chi connectivity index (χ0) is 24.2. The molecular formula is C25H27ClN2O4S. The molecule has 0 heterocycles. The van der Waals surface area contributed by atoms with Crippen molar-refractivity contribution in [3.05, 3.63) is 88.4 Å². The summed E-state index contributed by atoms with van der Waals surface area (Å²) < 4.78 is 33.7. The molecule has 0 bridgehead atoms. The lowest BCUT2D eigenvalue weighted by Gasteiger charge is -2.28. The molecule has 0 aliphatic rings. The molecule has 0 spiro atoms. The number of methoxy groups -OCH3 is 1. The summed E-state index contributed by atoms with van der Waals surface area (Å²) >= 11 is 6.09. The number of hydrogen-bond donors (Lipinski definition) is 0. The number of anilines is 1. The smallest absolute Gasteiger partial charge is 0.264 e. The maximum atomic E-state index is 13.6. The molecule has 0 aliphatic carbocycles. The minimum absolute atomic E-state index is 0.114. The average Bonchev–Trinajstić information content (AvgIpc) is 2.78. The number of likely N-dealkylation sites (N-methyl/N-ethyl adjacent to an activating group) is 1. The highest BCUT2D eigenvalue weighted by Gasteiger charge is 2.29. The molecule has 0 fully saturated rings. The number of ether oxygens (including phenoxy) is 1. The fraction of sp³-hybridized carbons (Fsp3) is 0.240. The van der Waals surface area contributed by atoms with E-state index in [0.717, 1.165) is 15.4 Å². The second-order valence-electron chi connectivity index (χ2n) is 7.82. The van der Waals surface area contributed by atoms with Crippen LogP contribution in [0.25, 0.3) is 0 Å². The Labute approximate surface area is 200 Å². The second kappa shape index (κ2) is 10.3. The van der Waals surface area contributed by atoms with Crippen LogP contribution in [0.4, 0.5) is 5.69 Å². The lowest BCUT2D eigenvalue weighted by Crippen LogP contribution is -2.41. The molecule has 3 aromatic carbocycles. The van der Waals surface area contributed by atoms with Gasteiger partial charge in [-0.05, 0) is 55.8 Å². The number of amides is 1. The zero-order valence-electron chi connectivity index (χ0n) is 19.1. The van der Waals surface area contributed by atoms with Gasteiger partial charge in [0.2, 0.25) is 5.91 Å². The fourth-order valence-corrected chi connectivity index (χ4v) is 5.16. The Balaban J connectivity index is 1.95. The molecule has 1 amide bonds. The largest absolute Gasteiger partial charge is 0.496 e. The van der Waals surface area contributed by atoms with Crippen LogP contribution < -0.4 is 9.04 Å². The first kappa shape index (κ1) is 24.6. The molecule has 0 N–H and O–H groups in total. The van der Waals surface area contributed by atoms with E-state index < -0.39 is 10.0 Å². The number of carbonyl (C=O) groups is 1. The average molecular weight is 487 g/mol. The van der Waals surface area contributed by atoms with E-state index in [0.29, 0.717) is 22.0 Å². The van der Waals surface area contributed by atoms with Gasteiger partial charge in [-0.3, -0.25) is 9.10 Å². The van der Waals surface area contributed by atoms with Gasteiger partial charge in [-0.1, -0.05) is 47.5 Å². The number of nitrogens with zero attached hydrogens (tertiary/aromatic N) is 2. The van der Waals surface area contributed by atoms with E-state index in [1.54, 1.807) is 63.5 Å². The van der Waals surface area contributed by atoms with Gasteiger partial charge in [0, 0.05) is 24.2 Å². The van der Waals surface area contributed by atoms with Crippen LogP contribution in [-0.4, -0.2) is 39.9 Å².